The van der Waals surface area contributed by atoms with Crippen LogP contribution in [0.15, 0.2) is 41.2 Å². The molecule has 4 rings (SSSR count). The number of rotatable bonds is 2. The maximum absolute atomic E-state index is 13.0. The molecule has 2 atom stereocenters. The highest BCUT2D eigenvalue weighted by Gasteiger charge is 2.31. The standard InChI is InChI=1S/C18H18FN3O2/c19-14-3-1-12(2-4-14)17(23)21-15-5-6-16-13-7-11(8-20-9-13)10-22(16)18(15)24/h1-6,11,13,20H,7-10H2,(H,21,23)/t11-,13-/m1/s1. The SMILES string of the molecule is O=C(Nc1ccc2n(c1=O)C[C@H]1CNC[C@H]2C1)c1ccc(F)cc1. The Labute approximate surface area is 138 Å². The molecular formula is C18H18FN3O2. The summed E-state index contributed by atoms with van der Waals surface area (Å²) in [4.78, 5) is 25.0. The minimum Gasteiger partial charge on any atom is -0.317 e. The zero-order valence-electron chi connectivity index (χ0n) is 13.1. The van der Waals surface area contributed by atoms with E-state index in [-0.39, 0.29) is 11.2 Å². The lowest BCUT2D eigenvalue weighted by Gasteiger charge is -2.37. The first-order chi connectivity index (χ1) is 11.6. The van der Waals surface area contributed by atoms with Gasteiger partial charge in [-0.25, -0.2) is 4.39 Å². The van der Waals surface area contributed by atoms with Gasteiger partial charge < -0.3 is 15.2 Å². The van der Waals surface area contributed by atoms with Crippen molar-refractivity contribution in [1.82, 2.24) is 9.88 Å². The molecule has 0 aliphatic carbocycles. The van der Waals surface area contributed by atoms with E-state index in [1.807, 2.05) is 6.07 Å². The highest BCUT2D eigenvalue weighted by molar-refractivity contribution is 6.04. The fourth-order valence-electron chi connectivity index (χ4n) is 3.68. The second-order valence-electron chi connectivity index (χ2n) is 6.51. The summed E-state index contributed by atoms with van der Waals surface area (Å²) in [7, 11) is 0. The van der Waals surface area contributed by atoms with Gasteiger partial charge in [0.25, 0.3) is 11.5 Å². The van der Waals surface area contributed by atoms with Crippen molar-refractivity contribution < 1.29 is 9.18 Å². The number of hydrogen-bond acceptors (Lipinski definition) is 3. The zero-order chi connectivity index (χ0) is 16.7. The summed E-state index contributed by atoms with van der Waals surface area (Å²) in [6.45, 7) is 2.49. The Morgan fingerprint density at radius 2 is 1.96 bits per heavy atom. The van der Waals surface area contributed by atoms with E-state index in [9.17, 15) is 14.0 Å². The third-order valence-corrected chi connectivity index (χ3v) is 4.86. The lowest BCUT2D eigenvalue weighted by Crippen LogP contribution is -2.45. The van der Waals surface area contributed by atoms with E-state index in [4.69, 9.17) is 0 Å². The van der Waals surface area contributed by atoms with Crippen LogP contribution in [0.4, 0.5) is 10.1 Å². The molecule has 1 saturated heterocycles. The molecule has 124 valence electrons. The minimum atomic E-state index is -0.412. The summed E-state index contributed by atoms with van der Waals surface area (Å²) in [5, 5.41) is 6.06. The molecule has 3 heterocycles. The highest BCUT2D eigenvalue weighted by atomic mass is 19.1. The van der Waals surface area contributed by atoms with Crippen LogP contribution in [0.25, 0.3) is 0 Å². The molecule has 1 fully saturated rings. The number of benzene rings is 1. The van der Waals surface area contributed by atoms with Gasteiger partial charge in [-0.05, 0) is 55.3 Å². The molecule has 1 amide bonds. The van der Waals surface area contributed by atoms with Gasteiger partial charge in [0, 0.05) is 30.3 Å². The third kappa shape index (κ3) is 2.63. The molecule has 2 aromatic rings. The number of carbonyl (C=O) groups is 1. The Bertz CT molecular complexity index is 844. The van der Waals surface area contributed by atoms with E-state index < -0.39 is 11.7 Å². The van der Waals surface area contributed by atoms with Gasteiger partial charge in [0.05, 0.1) is 0 Å². The molecule has 0 unspecified atom stereocenters. The van der Waals surface area contributed by atoms with Crippen molar-refractivity contribution in [3.8, 4) is 0 Å². The monoisotopic (exact) mass is 327 g/mol. The Kier molecular flexibility index (Phi) is 3.69. The Balaban J connectivity index is 1.63. The van der Waals surface area contributed by atoms with E-state index in [2.05, 4.69) is 10.6 Å². The molecule has 1 aromatic heterocycles. The van der Waals surface area contributed by atoms with E-state index in [1.54, 1.807) is 10.6 Å². The van der Waals surface area contributed by atoms with Gasteiger partial charge in [0.1, 0.15) is 11.5 Å². The predicted octanol–water partition coefficient (Wildman–Crippen LogP) is 1.95. The molecular weight excluding hydrogens is 309 g/mol. The average Bonchev–Trinajstić information content (AvgIpc) is 2.59. The number of anilines is 1. The quantitative estimate of drug-likeness (QED) is 0.886. The number of halogens is 1. The maximum atomic E-state index is 13.0. The van der Waals surface area contributed by atoms with E-state index in [0.29, 0.717) is 23.9 Å². The number of hydrogen-bond donors (Lipinski definition) is 2. The van der Waals surface area contributed by atoms with Gasteiger partial charge in [-0.1, -0.05) is 0 Å². The number of fused-ring (bicyclic) bond motifs is 4. The number of nitrogens with one attached hydrogen (secondary N) is 2. The molecule has 2 aliphatic heterocycles. The van der Waals surface area contributed by atoms with Crippen molar-refractivity contribution in [1.29, 1.82) is 0 Å². The summed E-state index contributed by atoms with van der Waals surface area (Å²) in [5.41, 5.74) is 1.45. The summed E-state index contributed by atoms with van der Waals surface area (Å²) >= 11 is 0. The van der Waals surface area contributed by atoms with Gasteiger partial charge in [0.2, 0.25) is 0 Å². The first kappa shape index (κ1) is 15.1. The minimum absolute atomic E-state index is 0.167. The topological polar surface area (TPSA) is 63.1 Å². The van der Waals surface area contributed by atoms with Crippen LogP contribution in [0, 0.1) is 11.7 Å². The van der Waals surface area contributed by atoms with Crippen molar-refractivity contribution >= 4 is 11.6 Å². The van der Waals surface area contributed by atoms with E-state index in [1.165, 1.54) is 24.3 Å². The number of amides is 1. The lowest BCUT2D eigenvalue weighted by molar-refractivity contribution is 0.102. The van der Waals surface area contributed by atoms with Gasteiger partial charge >= 0.3 is 0 Å². The average molecular weight is 327 g/mol. The Morgan fingerprint density at radius 1 is 1.17 bits per heavy atom. The molecule has 2 N–H and O–H groups in total. The largest absolute Gasteiger partial charge is 0.317 e. The van der Waals surface area contributed by atoms with Crippen molar-refractivity contribution in [2.75, 3.05) is 18.4 Å². The third-order valence-electron chi connectivity index (χ3n) is 4.86. The molecule has 1 aromatic carbocycles. The molecule has 0 spiro atoms. The van der Waals surface area contributed by atoms with Crippen LogP contribution >= 0.6 is 0 Å². The molecule has 2 aliphatic rings. The van der Waals surface area contributed by atoms with Crippen molar-refractivity contribution in [3.05, 3.63) is 63.8 Å². The molecule has 0 radical (unpaired) electrons. The fraction of sp³-hybridized carbons (Fsp3) is 0.333. The molecule has 6 heteroatoms. The smallest absolute Gasteiger partial charge is 0.274 e. The number of pyridine rings is 1. The molecule has 0 saturated carbocycles. The van der Waals surface area contributed by atoms with Crippen molar-refractivity contribution in [3.63, 3.8) is 0 Å². The molecule has 5 nitrogen and oxygen atoms in total. The molecule has 2 bridgehead atoms. The number of aromatic nitrogens is 1. The van der Waals surface area contributed by atoms with Crippen LogP contribution in [0.5, 0.6) is 0 Å². The maximum Gasteiger partial charge on any atom is 0.274 e. The van der Waals surface area contributed by atoms with Crippen molar-refractivity contribution in [2.45, 2.75) is 18.9 Å². The lowest BCUT2D eigenvalue weighted by atomic mass is 9.84. The van der Waals surface area contributed by atoms with Crippen LogP contribution < -0.4 is 16.2 Å². The fourth-order valence-corrected chi connectivity index (χ4v) is 3.68. The predicted molar refractivity (Wildman–Crippen MR) is 88.8 cm³/mol. The highest BCUT2D eigenvalue weighted by Crippen LogP contribution is 2.32. The normalized spacial score (nSPS) is 21.9. The zero-order valence-corrected chi connectivity index (χ0v) is 13.1. The van der Waals surface area contributed by atoms with Crippen LogP contribution in [0.3, 0.4) is 0 Å². The van der Waals surface area contributed by atoms with Crippen LogP contribution in [0.1, 0.15) is 28.4 Å². The summed E-state index contributed by atoms with van der Waals surface area (Å²) in [5.74, 6) is -0.00470. The van der Waals surface area contributed by atoms with Gasteiger partial charge in [-0.2, -0.15) is 0 Å². The number of piperidine rings is 1. The van der Waals surface area contributed by atoms with E-state index >= 15 is 0 Å². The summed E-state index contributed by atoms with van der Waals surface area (Å²) in [6, 6.07) is 8.85. The van der Waals surface area contributed by atoms with Gasteiger partial charge in [-0.15, -0.1) is 0 Å². The number of carbonyl (C=O) groups excluding carboxylic acids is 1. The molecule has 24 heavy (non-hydrogen) atoms. The van der Waals surface area contributed by atoms with Crippen molar-refractivity contribution in [2.24, 2.45) is 5.92 Å². The first-order valence-corrected chi connectivity index (χ1v) is 8.13. The van der Waals surface area contributed by atoms with Crippen LogP contribution in [-0.2, 0) is 6.54 Å². The van der Waals surface area contributed by atoms with Crippen LogP contribution in [-0.4, -0.2) is 23.6 Å². The Hall–Kier alpha value is -2.47. The summed E-state index contributed by atoms with van der Waals surface area (Å²) < 4.78 is 14.7. The first-order valence-electron chi connectivity index (χ1n) is 8.13. The van der Waals surface area contributed by atoms with Crippen LogP contribution in [0.2, 0.25) is 0 Å². The second kappa shape index (κ2) is 5.87. The number of nitrogens with zero attached hydrogens (tertiary/aromatic N) is 1. The summed E-state index contributed by atoms with van der Waals surface area (Å²) in [6.07, 6.45) is 1.10. The van der Waals surface area contributed by atoms with Gasteiger partial charge in [0.15, 0.2) is 0 Å². The van der Waals surface area contributed by atoms with E-state index in [0.717, 1.165) is 25.2 Å². The van der Waals surface area contributed by atoms with Gasteiger partial charge in [-0.3, -0.25) is 9.59 Å². The Morgan fingerprint density at radius 3 is 2.75 bits per heavy atom. The second-order valence-corrected chi connectivity index (χ2v) is 6.51.